The Bertz CT molecular complexity index is 2290. The highest BCUT2D eigenvalue weighted by atomic mass is 127. The number of aromatic nitrogens is 4. The molecule has 3 N–H and O–H groups in total. The van der Waals surface area contributed by atoms with Gasteiger partial charge in [-0.25, -0.2) is 9.97 Å². The predicted octanol–water partition coefficient (Wildman–Crippen LogP) is 8.50. The first-order chi connectivity index (χ1) is 32.3. The molecular formula is C48H63I2N8O7P. The topological polar surface area (TPSA) is 168 Å². The molecule has 0 spiro atoms. The van der Waals surface area contributed by atoms with E-state index in [2.05, 4.69) is 108 Å². The smallest absolute Gasteiger partial charge is 0.269 e. The number of hydrogen-bond acceptors (Lipinski definition) is 12. The normalized spacial score (nSPS) is 12.7. The summed E-state index contributed by atoms with van der Waals surface area (Å²) in [6, 6.07) is 23.5. The lowest BCUT2D eigenvalue weighted by molar-refractivity contribution is -0.384. The summed E-state index contributed by atoms with van der Waals surface area (Å²) in [6.45, 7) is 10.7. The van der Waals surface area contributed by atoms with E-state index in [-0.39, 0.29) is 10.6 Å². The van der Waals surface area contributed by atoms with Crippen LogP contribution in [0.15, 0.2) is 110 Å². The van der Waals surface area contributed by atoms with E-state index in [1.807, 2.05) is 50.7 Å². The Hall–Kier alpha value is -4.53. The first kappa shape index (κ1) is 54.1. The third kappa shape index (κ3) is 17.0. The van der Waals surface area contributed by atoms with Crippen molar-refractivity contribution in [2.75, 3.05) is 71.4 Å². The van der Waals surface area contributed by atoms with E-state index >= 15 is 0 Å². The second-order valence-electron chi connectivity index (χ2n) is 15.1. The first-order valence-corrected chi connectivity index (χ1v) is 27.8. The van der Waals surface area contributed by atoms with Gasteiger partial charge < -0.3 is 38.9 Å². The minimum atomic E-state index is -0.366. The van der Waals surface area contributed by atoms with Gasteiger partial charge >= 0.3 is 0 Å². The number of nitrogen functional groups attached to an aromatic ring is 1. The fourth-order valence-corrected chi connectivity index (χ4v) is 7.57. The van der Waals surface area contributed by atoms with Crippen LogP contribution in [0.5, 0.6) is 23.0 Å². The molecule has 2 aliphatic rings. The molecular weight excluding hydrogens is 1090 g/mol. The van der Waals surface area contributed by atoms with Crippen LogP contribution >= 0.6 is 51.5 Å². The summed E-state index contributed by atoms with van der Waals surface area (Å²) in [5, 5.41) is 17.8. The molecule has 0 fully saturated rings. The van der Waals surface area contributed by atoms with Gasteiger partial charge in [-0.15, -0.1) is 0 Å². The van der Waals surface area contributed by atoms with Crippen molar-refractivity contribution in [3.8, 4) is 23.0 Å². The number of rotatable bonds is 17. The molecule has 0 radical (unpaired) electrons. The van der Waals surface area contributed by atoms with Gasteiger partial charge in [-0.1, -0.05) is 75.8 Å². The minimum absolute atomic E-state index is 0.130. The number of imidazole rings is 2. The molecule has 15 nitrogen and oxygen atoms in total. The van der Waals surface area contributed by atoms with Crippen molar-refractivity contribution in [3.63, 3.8) is 0 Å². The van der Waals surface area contributed by atoms with Gasteiger partial charge in [0.15, 0.2) is 23.0 Å². The van der Waals surface area contributed by atoms with Crippen LogP contribution in [0.25, 0.3) is 0 Å². The summed E-state index contributed by atoms with van der Waals surface area (Å²) in [7, 11) is 4.37. The van der Waals surface area contributed by atoms with E-state index in [0.717, 1.165) is 119 Å². The molecule has 6 aromatic rings. The Kier molecular flexibility index (Phi) is 24.6. The highest BCUT2D eigenvalue weighted by molar-refractivity contribution is 14.2. The number of non-ortho nitro benzene ring substituents is 1. The van der Waals surface area contributed by atoms with Gasteiger partial charge in [-0.05, 0) is 100 Å². The molecule has 1 unspecified atom stereocenters. The molecule has 18 heteroatoms. The molecule has 4 aromatic carbocycles. The molecule has 0 amide bonds. The van der Waals surface area contributed by atoms with Gasteiger partial charge in [0.1, 0.15) is 13.2 Å². The lowest BCUT2D eigenvalue weighted by Gasteiger charge is -2.29. The molecule has 0 saturated carbocycles. The van der Waals surface area contributed by atoms with Crippen LogP contribution in [0.1, 0.15) is 33.4 Å². The Morgan fingerprint density at radius 1 is 0.667 bits per heavy atom. The average molecular weight is 1150 g/mol. The summed E-state index contributed by atoms with van der Waals surface area (Å²) in [4.78, 5) is 25.4. The highest BCUT2D eigenvalue weighted by Gasteiger charge is 2.21. The van der Waals surface area contributed by atoms with Gasteiger partial charge in [0.25, 0.3) is 5.69 Å². The van der Waals surface area contributed by atoms with E-state index < -0.39 is 0 Å². The molecule has 0 bridgehead atoms. The van der Waals surface area contributed by atoms with Crippen molar-refractivity contribution in [1.29, 1.82) is 0 Å². The fraction of sp³-hybridized carbons (Fsp3) is 0.375. The predicted molar refractivity (Wildman–Crippen MR) is 283 cm³/mol. The molecule has 8 rings (SSSR count). The van der Waals surface area contributed by atoms with Crippen molar-refractivity contribution in [2.24, 2.45) is 0 Å². The Morgan fingerprint density at radius 2 is 1.08 bits per heavy atom. The van der Waals surface area contributed by atoms with Crippen molar-refractivity contribution in [2.45, 2.75) is 51.9 Å². The number of nitro benzene ring substituents is 1. The van der Waals surface area contributed by atoms with Crippen LogP contribution in [0, 0.1) is 10.1 Å². The number of methoxy groups -OCH3 is 2. The van der Waals surface area contributed by atoms with E-state index in [4.69, 9.17) is 29.8 Å². The number of aliphatic hydroxyl groups excluding tert-OH is 1. The van der Waals surface area contributed by atoms with E-state index in [1.54, 1.807) is 51.4 Å². The number of halogens is 2. The molecule has 356 valence electrons. The molecule has 4 heterocycles. The third-order valence-electron chi connectivity index (χ3n) is 11.0. The number of nitro groups is 1. The van der Waals surface area contributed by atoms with Crippen LogP contribution in [-0.4, -0.2) is 105 Å². The fourth-order valence-electron chi connectivity index (χ4n) is 7.57. The Balaban J connectivity index is 0.000000260. The number of anilines is 1. The van der Waals surface area contributed by atoms with Crippen molar-refractivity contribution < 1.29 is 29.0 Å². The Morgan fingerprint density at radius 3 is 1.45 bits per heavy atom. The van der Waals surface area contributed by atoms with Gasteiger partial charge in [0.2, 0.25) is 0 Å². The molecule has 66 heavy (non-hydrogen) atoms. The zero-order valence-corrected chi connectivity index (χ0v) is 43.7. The molecule has 1 atom stereocenters. The number of hydrogen-bond donors (Lipinski definition) is 2. The van der Waals surface area contributed by atoms with Gasteiger partial charge in [-0.2, -0.15) is 0 Å². The van der Waals surface area contributed by atoms with Crippen LogP contribution in [0.2, 0.25) is 0 Å². The van der Waals surface area contributed by atoms with E-state index in [1.165, 1.54) is 27.8 Å². The van der Waals surface area contributed by atoms with Crippen molar-refractivity contribution in [3.05, 3.63) is 154 Å². The zero-order valence-electron chi connectivity index (χ0n) is 38.2. The van der Waals surface area contributed by atoms with Crippen molar-refractivity contribution in [1.82, 2.24) is 28.9 Å². The zero-order chi connectivity index (χ0) is 47.7. The second kappa shape index (κ2) is 30.0. The molecule has 2 aromatic heterocycles. The maximum atomic E-state index is 10.8. The standard InChI is InChI=1S/C23H26N4O4.C23H28N4O2.CH3I.CH4O.H2IP/c1-30-22-14-19-7-10-25(9-6-18-2-4-21(5-3-18)27(28)29)16-20(19)15-23(22)31-13-12-26-11-8-24-17-26;1-28-22-14-19-7-10-26(9-6-18-2-4-21(24)5-3-18)16-20(19)15-23(22)29-13-12-27-11-8-25-17-27;3*1-2/h2-5,8,11,14-15,17H,6-7,9-10,12-13,16H2,1H3;2-5,8,11,14-15,17H,6-7,9-10,12-13,16,24H2,1H3;1H3;2H,1H3;2H2. The SMILES string of the molecule is CI.CO.COc1cc2c(cc1OCCn1ccnc1)CN(CCc1ccc(N)cc1)CC2.COc1cc2c(cc1OCCn1ccnc1)CN(CCc1ccc([N+](=O)[O-])cc1)CC2.PI. The summed E-state index contributed by atoms with van der Waals surface area (Å²) in [5.74, 6) is 3.15. The average Bonchev–Trinajstić information content (AvgIpc) is 4.10. The maximum Gasteiger partial charge on any atom is 0.269 e. The van der Waals surface area contributed by atoms with Crippen molar-refractivity contribution >= 4 is 62.9 Å². The van der Waals surface area contributed by atoms with E-state index in [9.17, 15) is 10.1 Å². The van der Waals surface area contributed by atoms with Gasteiger partial charge in [0.05, 0.1) is 44.9 Å². The molecule has 0 aliphatic carbocycles. The summed E-state index contributed by atoms with van der Waals surface area (Å²) >= 11 is 4.22. The minimum Gasteiger partial charge on any atom is -0.493 e. The van der Waals surface area contributed by atoms with Gasteiger partial charge in [-0.3, -0.25) is 19.9 Å². The van der Waals surface area contributed by atoms with Crippen LogP contribution in [-0.2, 0) is 51.9 Å². The Labute approximate surface area is 418 Å². The van der Waals surface area contributed by atoms with Crippen LogP contribution in [0.3, 0.4) is 0 Å². The third-order valence-corrected chi connectivity index (χ3v) is 11.0. The lowest BCUT2D eigenvalue weighted by Crippen LogP contribution is -2.32. The number of aliphatic hydroxyl groups is 1. The maximum absolute atomic E-state index is 10.8. The molecule has 2 aliphatic heterocycles. The monoisotopic (exact) mass is 1150 g/mol. The summed E-state index contributed by atoms with van der Waals surface area (Å²) in [6.07, 6.45) is 14.8. The number of nitrogens with two attached hydrogens (primary N) is 1. The second-order valence-corrected chi connectivity index (χ2v) is 15.1. The highest BCUT2D eigenvalue weighted by Crippen LogP contribution is 2.35. The van der Waals surface area contributed by atoms with Crippen LogP contribution < -0.4 is 24.7 Å². The number of alkyl halides is 1. The number of ether oxygens (including phenoxy) is 4. The number of benzene rings is 4. The van der Waals surface area contributed by atoms with Crippen LogP contribution in [0.4, 0.5) is 11.4 Å². The summed E-state index contributed by atoms with van der Waals surface area (Å²) < 4.78 is 27.2. The lowest BCUT2D eigenvalue weighted by atomic mass is 9.98. The van der Waals surface area contributed by atoms with Gasteiger partial charge in [0, 0.05) is 89.0 Å². The molecule has 0 saturated heterocycles. The first-order valence-electron chi connectivity index (χ1n) is 21.5. The number of nitrogens with zero attached hydrogens (tertiary/aromatic N) is 7. The largest absolute Gasteiger partial charge is 0.493 e. The number of fused-ring (bicyclic) bond motifs is 2. The van der Waals surface area contributed by atoms with E-state index in [0.29, 0.717) is 13.2 Å². The summed E-state index contributed by atoms with van der Waals surface area (Å²) in [5.41, 5.74) is 14.4. The quantitative estimate of drug-likeness (QED) is 0.0224.